The Balaban J connectivity index is 2.16. The molecule has 0 unspecified atom stereocenters. The largest absolute Gasteiger partial charge is 0.366 e. The summed E-state index contributed by atoms with van der Waals surface area (Å²) in [6.45, 7) is 2.22. The molecule has 0 bridgehead atoms. The topological polar surface area (TPSA) is 15.3 Å². The van der Waals surface area contributed by atoms with Crippen LogP contribution in [-0.4, -0.2) is 13.2 Å². The molecule has 15 heavy (non-hydrogen) atoms. The number of rotatable bonds is 0. The molecule has 0 saturated carbocycles. The van der Waals surface area contributed by atoms with Gasteiger partial charge >= 0.3 is 0 Å². The normalized spacial score (nSPS) is 20.1. The predicted octanol–water partition coefficient (Wildman–Crippen LogP) is 0.787. The van der Waals surface area contributed by atoms with E-state index in [2.05, 4.69) is 28.4 Å². The van der Waals surface area contributed by atoms with Crippen LogP contribution in [0.5, 0.6) is 0 Å². The summed E-state index contributed by atoms with van der Waals surface area (Å²) in [4.78, 5) is 2.49. The fourth-order valence-corrected chi connectivity index (χ4v) is 3.13. The average molecular weight is 198 g/mol. The second kappa shape index (κ2) is 2.57. The van der Waals surface area contributed by atoms with Crippen molar-refractivity contribution in [1.82, 2.24) is 0 Å². The molecule has 4 rings (SSSR count). The molecule has 2 heteroatoms. The standard InChI is InChI=1S/C13H14N2/c1-3-9-7-12-13-11(10(9)4-1)5-2-6-15(13)8-14-12/h3-4,7,14H,1-2,5-6,8H2. The van der Waals surface area contributed by atoms with Crippen molar-refractivity contribution < 1.29 is 0 Å². The summed E-state index contributed by atoms with van der Waals surface area (Å²) in [6, 6.07) is 2.32. The van der Waals surface area contributed by atoms with Gasteiger partial charge in [-0.25, -0.2) is 0 Å². The third kappa shape index (κ3) is 0.895. The second-order valence-electron chi connectivity index (χ2n) is 4.60. The van der Waals surface area contributed by atoms with Crippen LogP contribution in [0.3, 0.4) is 0 Å². The molecule has 1 aromatic rings. The summed E-state index contributed by atoms with van der Waals surface area (Å²) in [5.74, 6) is 0. The van der Waals surface area contributed by atoms with Gasteiger partial charge in [-0.2, -0.15) is 0 Å². The van der Waals surface area contributed by atoms with Gasteiger partial charge in [0.05, 0.1) is 18.0 Å². The van der Waals surface area contributed by atoms with Crippen LogP contribution >= 0.6 is 0 Å². The van der Waals surface area contributed by atoms with Gasteiger partial charge < -0.3 is 10.2 Å². The minimum Gasteiger partial charge on any atom is -0.366 e. The predicted molar refractivity (Wildman–Crippen MR) is 63.4 cm³/mol. The Hall–Kier alpha value is -1.44. The highest BCUT2D eigenvalue weighted by Gasteiger charge is 2.26. The number of hydrogen-bond acceptors (Lipinski definition) is 2. The van der Waals surface area contributed by atoms with Gasteiger partial charge in [-0.3, -0.25) is 0 Å². The van der Waals surface area contributed by atoms with E-state index in [9.17, 15) is 0 Å². The number of fused-ring (bicyclic) bond motifs is 2. The van der Waals surface area contributed by atoms with Gasteiger partial charge in [0.1, 0.15) is 0 Å². The number of benzene rings is 1. The fraction of sp³-hybridized carbons (Fsp3) is 0.385. The zero-order valence-corrected chi connectivity index (χ0v) is 8.71. The molecule has 2 heterocycles. The molecule has 1 aromatic carbocycles. The van der Waals surface area contributed by atoms with Crippen LogP contribution in [0, 0.1) is 0 Å². The van der Waals surface area contributed by atoms with Crippen molar-refractivity contribution in [2.45, 2.75) is 19.3 Å². The van der Waals surface area contributed by atoms with E-state index in [1.165, 1.54) is 41.2 Å². The molecule has 0 fully saturated rings. The minimum absolute atomic E-state index is 1.01. The lowest BCUT2D eigenvalue weighted by Crippen LogP contribution is -2.34. The van der Waals surface area contributed by atoms with Crippen LogP contribution in [0.2, 0.25) is 0 Å². The van der Waals surface area contributed by atoms with Crippen LogP contribution in [0.25, 0.3) is 12.2 Å². The van der Waals surface area contributed by atoms with Crippen LogP contribution in [0.4, 0.5) is 11.4 Å². The van der Waals surface area contributed by atoms with Crippen molar-refractivity contribution in [3.05, 3.63) is 22.1 Å². The minimum atomic E-state index is 1.01. The SMILES string of the molecule is C1=c2cc3c4c(c2=CC1)CCCN4CN3. The summed E-state index contributed by atoms with van der Waals surface area (Å²) in [6.07, 6.45) is 8.40. The van der Waals surface area contributed by atoms with Gasteiger partial charge in [0.15, 0.2) is 0 Å². The van der Waals surface area contributed by atoms with E-state index in [1.807, 2.05) is 0 Å². The molecule has 0 amide bonds. The third-order valence-corrected chi connectivity index (χ3v) is 3.77. The Morgan fingerprint density at radius 1 is 1.27 bits per heavy atom. The Morgan fingerprint density at radius 2 is 2.27 bits per heavy atom. The number of nitrogens with zero attached hydrogens (tertiary/aromatic N) is 1. The van der Waals surface area contributed by atoms with Gasteiger partial charge in [-0.1, -0.05) is 12.2 Å². The molecule has 0 aromatic heterocycles. The highest BCUT2D eigenvalue weighted by Crippen LogP contribution is 2.35. The lowest BCUT2D eigenvalue weighted by molar-refractivity contribution is 0.726. The maximum Gasteiger partial charge on any atom is 0.0877 e. The van der Waals surface area contributed by atoms with E-state index in [-0.39, 0.29) is 0 Å². The molecule has 2 aliphatic heterocycles. The number of nitrogens with one attached hydrogen (secondary N) is 1. The Morgan fingerprint density at radius 3 is 3.27 bits per heavy atom. The number of hydrogen-bond donors (Lipinski definition) is 1. The zero-order chi connectivity index (χ0) is 9.83. The smallest absolute Gasteiger partial charge is 0.0877 e. The summed E-state index contributed by atoms with van der Waals surface area (Å²) < 4.78 is 0. The van der Waals surface area contributed by atoms with Gasteiger partial charge in [-0.05, 0) is 41.3 Å². The highest BCUT2D eigenvalue weighted by atomic mass is 15.3. The van der Waals surface area contributed by atoms with Gasteiger partial charge in [0, 0.05) is 6.54 Å². The van der Waals surface area contributed by atoms with Crippen molar-refractivity contribution >= 4 is 23.5 Å². The molecule has 0 atom stereocenters. The summed E-state index contributed by atoms with van der Waals surface area (Å²) >= 11 is 0. The molecule has 0 radical (unpaired) electrons. The lowest BCUT2D eigenvalue weighted by atomic mass is 9.99. The summed E-state index contributed by atoms with van der Waals surface area (Å²) in [7, 11) is 0. The van der Waals surface area contributed by atoms with Crippen LogP contribution in [0.15, 0.2) is 6.07 Å². The quantitative estimate of drug-likeness (QED) is 0.663. The first-order valence-corrected chi connectivity index (χ1v) is 5.78. The van der Waals surface area contributed by atoms with Crippen LogP contribution in [-0.2, 0) is 6.42 Å². The van der Waals surface area contributed by atoms with Crippen molar-refractivity contribution in [2.24, 2.45) is 0 Å². The Kier molecular flexibility index (Phi) is 1.34. The number of anilines is 2. The van der Waals surface area contributed by atoms with E-state index >= 15 is 0 Å². The first-order valence-electron chi connectivity index (χ1n) is 5.78. The summed E-state index contributed by atoms with van der Waals surface area (Å²) in [5, 5.41) is 6.46. The first kappa shape index (κ1) is 7.80. The third-order valence-electron chi connectivity index (χ3n) is 3.77. The molecule has 0 spiro atoms. The molecular formula is C13H14N2. The molecule has 76 valence electrons. The zero-order valence-electron chi connectivity index (χ0n) is 8.71. The van der Waals surface area contributed by atoms with E-state index in [4.69, 9.17) is 0 Å². The lowest BCUT2D eigenvalue weighted by Gasteiger charge is -2.25. The van der Waals surface area contributed by atoms with Gasteiger partial charge in [0.2, 0.25) is 0 Å². The second-order valence-corrected chi connectivity index (χ2v) is 4.60. The van der Waals surface area contributed by atoms with E-state index < -0.39 is 0 Å². The van der Waals surface area contributed by atoms with Crippen molar-refractivity contribution in [1.29, 1.82) is 0 Å². The molecule has 2 nitrogen and oxygen atoms in total. The highest BCUT2D eigenvalue weighted by molar-refractivity contribution is 5.80. The monoisotopic (exact) mass is 198 g/mol. The van der Waals surface area contributed by atoms with Crippen LogP contribution in [0.1, 0.15) is 18.4 Å². The Bertz CT molecular complexity index is 557. The van der Waals surface area contributed by atoms with Gasteiger partial charge in [-0.15, -0.1) is 0 Å². The van der Waals surface area contributed by atoms with Crippen LogP contribution < -0.4 is 20.7 Å². The van der Waals surface area contributed by atoms with Crippen molar-refractivity contribution in [3.63, 3.8) is 0 Å². The summed E-state index contributed by atoms with van der Waals surface area (Å²) in [5.41, 5.74) is 4.44. The first-order chi connectivity index (χ1) is 7.43. The van der Waals surface area contributed by atoms with E-state index in [1.54, 1.807) is 5.56 Å². The molecular weight excluding hydrogens is 184 g/mol. The van der Waals surface area contributed by atoms with E-state index in [0.717, 1.165) is 13.1 Å². The fourth-order valence-electron chi connectivity index (χ4n) is 3.13. The maximum atomic E-state index is 3.50. The molecule has 1 N–H and O–H groups in total. The molecule has 1 aliphatic carbocycles. The Labute approximate surface area is 88.9 Å². The van der Waals surface area contributed by atoms with Crippen molar-refractivity contribution in [3.8, 4) is 0 Å². The average Bonchev–Trinajstić information content (AvgIpc) is 2.87. The van der Waals surface area contributed by atoms with E-state index in [0.29, 0.717) is 0 Å². The van der Waals surface area contributed by atoms with Crippen molar-refractivity contribution in [2.75, 3.05) is 23.4 Å². The van der Waals surface area contributed by atoms with Gasteiger partial charge in [0.25, 0.3) is 0 Å². The molecule has 3 aliphatic rings. The molecule has 0 saturated heterocycles. The maximum absolute atomic E-state index is 3.50.